The van der Waals surface area contributed by atoms with Crippen LogP contribution in [0, 0.1) is 10.1 Å². The summed E-state index contributed by atoms with van der Waals surface area (Å²) in [5, 5.41) is 19.8. The number of hydrogen-bond acceptors (Lipinski definition) is 6. The highest BCUT2D eigenvalue weighted by Crippen LogP contribution is 2.16. The van der Waals surface area contributed by atoms with Gasteiger partial charge in [0, 0.05) is 29.4 Å². The van der Waals surface area contributed by atoms with Gasteiger partial charge in [0.25, 0.3) is 17.5 Å². The molecular weight excluding hydrogens is 388 g/mol. The van der Waals surface area contributed by atoms with Gasteiger partial charge in [-0.15, -0.1) is 0 Å². The number of halogens is 1. The highest BCUT2D eigenvalue weighted by molar-refractivity contribution is 6.31. The van der Waals surface area contributed by atoms with Gasteiger partial charge in [0.2, 0.25) is 0 Å². The van der Waals surface area contributed by atoms with E-state index < -0.39 is 10.8 Å². The molecule has 2 amide bonds. The average molecular weight is 405 g/mol. The van der Waals surface area contributed by atoms with E-state index >= 15 is 0 Å². The first-order chi connectivity index (χ1) is 13.4. The summed E-state index contributed by atoms with van der Waals surface area (Å²) < 4.78 is 0. The normalized spacial score (nSPS) is 10.5. The lowest BCUT2D eigenvalue weighted by atomic mass is 10.1. The number of hydrogen-bond donors (Lipinski definition) is 2. The Balaban J connectivity index is 1.66. The molecule has 28 heavy (non-hydrogen) atoms. The number of anilines is 1. The monoisotopic (exact) mass is 404 g/mol. The Labute approximate surface area is 165 Å². The summed E-state index contributed by atoms with van der Waals surface area (Å²) in [6.45, 7) is 0.0714. The molecule has 2 rings (SSSR count). The van der Waals surface area contributed by atoms with E-state index in [1.54, 1.807) is 12.1 Å². The number of nitrogens with zero attached hydrogens (tertiary/aromatic N) is 2. The van der Waals surface area contributed by atoms with E-state index in [2.05, 4.69) is 15.8 Å². The molecule has 0 aromatic heterocycles. The van der Waals surface area contributed by atoms with Crippen molar-refractivity contribution < 1.29 is 19.3 Å². The number of benzene rings is 2. The molecule has 0 unspecified atom stereocenters. The van der Waals surface area contributed by atoms with E-state index in [0.29, 0.717) is 18.0 Å². The first kappa shape index (κ1) is 20.8. The summed E-state index contributed by atoms with van der Waals surface area (Å²) >= 11 is 5.80. The van der Waals surface area contributed by atoms with Crippen molar-refractivity contribution >= 4 is 41.0 Å². The standard InChI is InChI=1S/C18H17ClN4O5/c19-14-6-4-13(5-7-14)8-9-20-18(25)12-28-21-11-17(24)22-15-2-1-3-16(10-15)23(26)27/h1-7,10-11H,8-9,12H2,(H,20,25)(H,22,24)/b21-11-. The topological polar surface area (TPSA) is 123 Å². The minimum Gasteiger partial charge on any atom is -0.386 e. The Bertz CT molecular complexity index is 871. The van der Waals surface area contributed by atoms with Gasteiger partial charge < -0.3 is 15.5 Å². The lowest BCUT2D eigenvalue weighted by Gasteiger charge is -2.05. The van der Waals surface area contributed by atoms with Crippen LogP contribution in [0.3, 0.4) is 0 Å². The molecule has 146 valence electrons. The number of nitro benzene ring substituents is 1. The Morgan fingerprint density at radius 2 is 1.96 bits per heavy atom. The fourth-order valence-corrected chi connectivity index (χ4v) is 2.23. The van der Waals surface area contributed by atoms with Crippen LogP contribution < -0.4 is 10.6 Å². The SMILES string of the molecule is O=C(/C=N\OCC(=O)NCCc1ccc(Cl)cc1)Nc1cccc([N+](=O)[O-])c1. The lowest BCUT2D eigenvalue weighted by molar-refractivity contribution is -0.384. The number of oxime groups is 1. The Morgan fingerprint density at radius 1 is 1.21 bits per heavy atom. The van der Waals surface area contributed by atoms with Gasteiger partial charge in [0.1, 0.15) is 6.21 Å². The summed E-state index contributed by atoms with van der Waals surface area (Å²) in [7, 11) is 0. The molecule has 2 N–H and O–H groups in total. The molecule has 2 aromatic rings. The molecule has 10 heteroatoms. The van der Waals surface area contributed by atoms with Crippen LogP contribution in [0.2, 0.25) is 5.02 Å². The van der Waals surface area contributed by atoms with Crippen molar-refractivity contribution in [3.63, 3.8) is 0 Å². The van der Waals surface area contributed by atoms with Crippen molar-refractivity contribution in [1.82, 2.24) is 5.32 Å². The minimum absolute atomic E-state index is 0.152. The molecule has 0 fully saturated rings. The number of non-ortho nitro benzene ring substituents is 1. The van der Waals surface area contributed by atoms with E-state index in [9.17, 15) is 19.7 Å². The van der Waals surface area contributed by atoms with Gasteiger partial charge in [-0.25, -0.2) is 0 Å². The average Bonchev–Trinajstić information content (AvgIpc) is 2.67. The van der Waals surface area contributed by atoms with Crippen LogP contribution in [0.5, 0.6) is 0 Å². The molecule has 0 spiro atoms. The number of amides is 2. The van der Waals surface area contributed by atoms with Gasteiger partial charge in [-0.05, 0) is 30.2 Å². The van der Waals surface area contributed by atoms with Gasteiger partial charge in [0.05, 0.1) is 4.92 Å². The van der Waals surface area contributed by atoms with E-state index in [1.165, 1.54) is 24.3 Å². The van der Waals surface area contributed by atoms with Crippen LogP contribution in [0.1, 0.15) is 5.56 Å². The second-order valence-corrected chi connectivity index (χ2v) is 5.97. The van der Waals surface area contributed by atoms with Crippen molar-refractivity contribution in [3.05, 3.63) is 69.2 Å². The minimum atomic E-state index is -0.649. The van der Waals surface area contributed by atoms with E-state index in [0.717, 1.165) is 11.8 Å². The first-order valence-electron chi connectivity index (χ1n) is 8.16. The van der Waals surface area contributed by atoms with Crippen molar-refractivity contribution in [2.24, 2.45) is 5.16 Å². The molecule has 0 aliphatic rings. The highest BCUT2D eigenvalue weighted by atomic mass is 35.5. The number of nitro groups is 1. The van der Waals surface area contributed by atoms with Gasteiger partial charge in [0.15, 0.2) is 6.61 Å². The fraction of sp³-hybridized carbons (Fsp3) is 0.167. The maximum Gasteiger partial charge on any atom is 0.271 e. The second-order valence-electron chi connectivity index (χ2n) is 5.53. The molecule has 0 saturated heterocycles. The molecule has 0 aliphatic heterocycles. The Kier molecular flexibility index (Phi) is 7.92. The first-order valence-corrected chi connectivity index (χ1v) is 8.54. The molecule has 0 heterocycles. The lowest BCUT2D eigenvalue weighted by Crippen LogP contribution is -2.29. The number of carbonyl (C=O) groups excluding carboxylic acids is 2. The van der Waals surface area contributed by atoms with E-state index in [1.807, 2.05) is 12.1 Å². The van der Waals surface area contributed by atoms with Crippen LogP contribution in [0.4, 0.5) is 11.4 Å². The summed E-state index contributed by atoms with van der Waals surface area (Å²) in [5.74, 6) is -1.03. The van der Waals surface area contributed by atoms with E-state index in [-0.39, 0.29) is 23.9 Å². The van der Waals surface area contributed by atoms with Crippen molar-refractivity contribution in [2.75, 3.05) is 18.5 Å². The Hall–Kier alpha value is -3.46. The van der Waals surface area contributed by atoms with Gasteiger partial charge in [-0.1, -0.05) is 35.0 Å². The third kappa shape index (κ3) is 7.42. The summed E-state index contributed by atoms with van der Waals surface area (Å²) in [6, 6.07) is 12.7. The van der Waals surface area contributed by atoms with Crippen LogP contribution in [0.15, 0.2) is 53.7 Å². The molecular formula is C18H17ClN4O5. The third-order valence-corrected chi connectivity index (χ3v) is 3.67. The predicted octanol–water partition coefficient (Wildman–Crippen LogP) is 2.55. The smallest absolute Gasteiger partial charge is 0.271 e. The maximum absolute atomic E-state index is 11.7. The molecule has 0 saturated carbocycles. The number of carbonyl (C=O) groups is 2. The maximum atomic E-state index is 11.7. The number of nitrogens with one attached hydrogen (secondary N) is 2. The molecule has 0 radical (unpaired) electrons. The molecule has 0 bridgehead atoms. The van der Waals surface area contributed by atoms with Crippen molar-refractivity contribution in [1.29, 1.82) is 0 Å². The van der Waals surface area contributed by atoms with Gasteiger partial charge in [-0.2, -0.15) is 0 Å². The Morgan fingerprint density at radius 3 is 2.68 bits per heavy atom. The van der Waals surface area contributed by atoms with Gasteiger partial charge >= 0.3 is 0 Å². The van der Waals surface area contributed by atoms with Crippen LogP contribution in [-0.2, 0) is 20.8 Å². The third-order valence-electron chi connectivity index (χ3n) is 3.41. The van der Waals surface area contributed by atoms with Crippen molar-refractivity contribution in [3.8, 4) is 0 Å². The van der Waals surface area contributed by atoms with E-state index in [4.69, 9.17) is 16.4 Å². The van der Waals surface area contributed by atoms with Crippen LogP contribution >= 0.6 is 11.6 Å². The number of rotatable bonds is 9. The zero-order valence-electron chi connectivity index (χ0n) is 14.6. The summed E-state index contributed by atoms with van der Waals surface area (Å²) in [6.07, 6.45) is 1.47. The highest BCUT2D eigenvalue weighted by Gasteiger charge is 2.07. The fourth-order valence-electron chi connectivity index (χ4n) is 2.10. The predicted molar refractivity (Wildman–Crippen MR) is 104 cm³/mol. The zero-order chi connectivity index (χ0) is 20.4. The second kappa shape index (κ2) is 10.6. The zero-order valence-corrected chi connectivity index (χ0v) is 15.4. The quantitative estimate of drug-likeness (QED) is 0.377. The van der Waals surface area contributed by atoms with Crippen LogP contribution in [-0.4, -0.2) is 36.1 Å². The van der Waals surface area contributed by atoms with Crippen molar-refractivity contribution in [2.45, 2.75) is 6.42 Å². The summed E-state index contributed by atoms with van der Waals surface area (Å²) in [5.41, 5.74) is 1.12. The molecule has 9 nitrogen and oxygen atoms in total. The van der Waals surface area contributed by atoms with Crippen LogP contribution in [0.25, 0.3) is 0 Å². The molecule has 0 aliphatic carbocycles. The summed E-state index contributed by atoms with van der Waals surface area (Å²) in [4.78, 5) is 38.2. The van der Waals surface area contributed by atoms with Gasteiger partial charge in [-0.3, -0.25) is 19.7 Å². The molecule has 0 atom stereocenters. The molecule has 2 aromatic carbocycles. The largest absolute Gasteiger partial charge is 0.386 e.